The molecule has 0 saturated heterocycles. The zero-order valence-corrected chi connectivity index (χ0v) is 24.2. The molecule has 124 valence electrons. The Morgan fingerprint density at radius 1 is 1.04 bits per heavy atom. The summed E-state index contributed by atoms with van der Waals surface area (Å²) in [5, 5.41) is 20.3. The van der Waals surface area contributed by atoms with Crippen LogP contribution in [0.4, 0.5) is 11.8 Å². The van der Waals surface area contributed by atoms with Crippen molar-refractivity contribution in [3.8, 4) is 0 Å². The molecule has 24 heavy (non-hydrogen) atoms. The fraction of sp³-hybridized carbons (Fsp3) is 0.200. The summed E-state index contributed by atoms with van der Waals surface area (Å²) in [5.41, 5.74) is 0.858. The first-order valence-corrected chi connectivity index (χ1v) is 5.21. The van der Waals surface area contributed by atoms with Gasteiger partial charge in [-0.1, -0.05) is 0 Å². The van der Waals surface area contributed by atoms with Gasteiger partial charge in [0, 0.05) is 7.05 Å². The summed E-state index contributed by atoms with van der Waals surface area (Å²) >= 11 is 0. The van der Waals surface area contributed by atoms with Gasteiger partial charge in [-0.2, -0.15) is 4.98 Å². The maximum Gasteiger partial charge on any atom is 1.00 e. The zero-order chi connectivity index (χ0) is 15.4. The predicted molar refractivity (Wildman–Crippen MR) is 68.6 cm³/mol. The monoisotopic (exact) mass is 612 g/mol. The van der Waals surface area contributed by atoms with E-state index in [9.17, 15) is 20.2 Å². The number of aryl methyl sites for hydroxylation is 1. The number of imidazole rings is 2. The summed E-state index contributed by atoms with van der Waals surface area (Å²) in [5.74, 6) is -0.354. The van der Waals surface area contributed by atoms with Crippen LogP contribution in [0.1, 0.15) is 11.4 Å². The first-order valence-electron chi connectivity index (χ1n) is 5.21. The van der Waals surface area contributed by atoms with Gasteiger partial charge in [0.05, 0.1) is 7.05 Å². The zero-order valence-electron chi connectivity index (χ0n) is 13.6. The van der Waals surface area contributed by atoms with Crippen molar-refractivity contribution < 1.29 is 161 Å². The average molecular weight is 612 g/mol. The Labute approximate surface area is 258 Å². The number of hydrogen-bond donors (Lipinski definition) is 0. The minimum atomic E-state index is -0.553. The Morgan fingerprint density at radius 3 is 1.71 bits per heavy atom. The minimum Gasteiger partial charge on any atom is -1.00 e. The smallest absolute Gasteiger partial charge is 1.00 e. The van der Waals surface area contributed by atoms with Crippen LogP contribution in [0, 0.1) is 34.1 Å². The van der Waals surface area contributed by atoms with Crippen molar-refractivity contribution in [2.45, 2.75) is 0 Å². The van der Waals surface area contributed by atoms with Crippen LogP contribution >= 0.6 is 0 Å². The largest absolute Gasteiger partial charge is 1.00 e. The van der Waals surface area contributed by atoms with Crippen LogP contribution in [0.5, 0.6) is 0 Å². The molecule has 0 saturated carbocycles. The van der Waals surface area contributed by atoms with Crippen LogP contribution in [-0.2, 0) is 14.1 Å². The van der Waals surface area contributed by atoms with Crippen LogP contribution in [0.2, 0.25) is 0 Å². The van der Waals surface area contributed by atoms with Gasteiger partial charge in [-0.05, 0) is 22.5 Å². The molecule has 2 aromatic heterocycles. The normalized spacial score (nSPS) is 8.08. The fourth-order valence-electron chi connectivity index (χ4n) is 1.20. The van der Waals surface area contributed by atoms with Gasteiger partial charge in [0.15, 0.2) is 6.33 Å². The van der Waals surface area contributed by atoms with Crippen LogP contribution < -0.4 is 151 Å². The van der Waals surface area contributed by atoms with Crippen molar-refractivity contribution in [3.05, 3.63) is 58.0 Å². The molecule has 10 nitrogen and oxygen atoms in total. The van der Waals surface area contributed by atoms with E-state index in [2.05, 4.69) is 23.8 Å². The van der Waals surface area contributed by atoms with Gasteiger partial charge in [-0.3, -0.25) is 4.57 Å². The Balaban J connectivity index is -0.000000143. The van der Waals surface area contributed by atoms with Gasteiger partial charge in [-0.25, -0.2) is 13.8 Å². The van der Waals surface area contributed by atoms with Crippen molar-refractivity contribution in [3.63, 3.8) is 0 Å². The topological polar surface area (TPSA) is 122 Å². The molecule has 0 aromatic carbocycles. The second-order valence-electron chi connectivity index (χ2n) is 3.75. The number of halogens is 2. The predicted octanol–water partition coefficient (Wildman–Crippen LogP) is -11.0. The van der Waals surface area contributed by atoms with Crippen molar-refractivity contribution in [1.82, 2.24) is 19.1 Å². The molecule has 0 aliphatic rings. The van der Waals surface area contributed by atoms with Gasteiger partial charge in [0.25, 0.3) is 0 Å². The maximum absolute atomic E-state index is 10.1. The Kier molecular flexibility index (Phi) is 21.8. The van der Waals surface area contributed by atoms with Crippen molar-refractivity contribution in [2.24, 2.45) is 14.1 Å². The molecule has 0 unspecified atom stereocenters. The third-order valence-electron chi connectivity index (χ3n) is 2.43. The second-order valence-corrected chi connectivity index (χ2v) is 3.75. The third kappa shape index (κ3) is 9.58. The van der Waals surface area contributed by atoms with Crippen LogP contribution in [0.25, 0.3) is 0 Å². The van der Waals surface area contributed by atoms with Crippen molar-refractivity contribution >= 4 is 11.8 Å². The molecule has 0 N–H and O–H groups in total. The minimum absolute atomic E-state index is 0. The number of rotatable bonds is 2. The van der Waals surface area contributed by atoms with E-state index in [1.807, 2.05) is 0 Å². The fourth-order valence-corrected chi connectivity index (χ4v) is 1.20. The Morgan fingerprint density at radius 2 is 1.54 bits per heavy atom. The molecule has 0 amide bonds. The summed E-state index contributed by atoms with van der Waals surface area (Å²) in [4.78, 5) is 26.2. The number of hydrogen-bond acceptors (Lipinski definition) is 6. The maximum atomic E-state index is 10.1. The van der Waals surface area contributed by atoms with E-state index >= 15 is 0 Å². The van der Waals surface area contributed by atoms with Crippen LogP contribution in [0.15, 0.2) is 12.5 Å². The van der Waals surface area contributed by atoms with Gasteiger partial charge >= 0.3 is 109 Å². The van der Waals surface area contributed by atoms with Gasteiger partial charge < -0.3 is 72.7 Å². The van der Waals surface area contributed by atoms with E-state index in [0.717, 1.165) is 0 Å². The molecule has 2 heterocycles. The summed E-state index contributed by atoms with van der Waals surface area (Å²) in [6.07, 6.45) is 2.72. The number of nitrogens with zero attached hydrogens (tertiary/aromatic N) is 6. The molecule has 0 atom stereocenters. The van der Waals surface area contributed by atoms with E-state index in [4.69, 9.17) is 0 Å². The molecule has 2 aromatic rings. The second kappa shape index (κ2) is 15.7. The summed E-state index contributed by atoms with van der Waals surface area (Å²) in [6, 6.07) is 0. The van der Waals surface area contributed by atoms with E-state index in [1.54, 1.807) is 14.1 Å². The van der Waals surface area contributed by atoms with Gasteiger partial charge in [-0.15, -0.1) is 9.91 Å². The Bertz CT molecular complexity index is 608. The van der Waals surface area contributed by atoms with Gasteiger partial charge in [0.1, 0.15) is 0 Å². The number of aromatic nitrogens is 4. The molecule has 0 aliphatic carbocycles. The van der Waals surface area contributed by atoms with Crippen molar-refractivity contribution in [1.29, 1.82) is 0 Å². The number of nitro groups is 2. The Hall–Kier alpha value is 1.69. The summed E-state index contributed by atoms with van der Waals surface area (Å²) in [7, 11) is 3.20. The molecule has 2 rings (SSSR count). The molecular formula is C10H12I2K2N6O4-2. The van der Waals surface area contributed by atoms with Crippen LogP contribution in [-0.4, -0.2) is 28.9 Å². The first kappa shape index (κ1) is 33.3. The molecule has 0 bridgehead atoms. The third-order valence-corrected chi connectivity index (χ3v) is 2.43. The van der Waals surface area contributed by atoms with Gasteiger partial charge in [0.2, 0.25) is 5.82 Å². The molecular weight excluding hydrogens is 600 g/mol. The van der Waals surface area contributed by atoms with Crippen molar-refractivity contribution in [2.75, 3.05) is 0 Å². The standard InChI is InChI=1S/2C5H6N3O2.2HI.2K/c1-4-5(8(9)10)6-3-7(4)2;1-4-3-6-5(7(4)2)8(9)10;;;;/h2*3H,1H2,2H3;2*1H;;/q2*-1;;;2*+1/p-2. The first-order chi connectivity index (χ1) is 9.25. The average Bonchev–Trinajstić information content (AvgIpc) is 2.86. The van der Waals surface area contributed by atoms with E-state index in [-0.39, 0.29) is 162 Å². The van der Waals surface area contributed by atoms with E-state index in [1.165, 1.54) is 21.7 Å². The molecule has 0 radical (unpaired) electrons. The summed E-state index contributed by atoms with van der Waals surface area (Å²) in [6.45, 7) is 6.98. The molecule has 0 fully saturated rings. The quantitative estimate of drug-likeness (QED) is 0.109. The van der Waals surface area contributed by atoms with E-state index < -0.39 is 9.85 Å². The SMILES string of the molecule is [CH2-]c1c([N+](=O)[O-])ncn1C.[CH2-]c1cnc([N+](=O)[O-])n1C.[I-].[I-].[K+].[K+]. The summed E-state index contributed by atoms with van der Waals surface area (Å²) < 4.78 is 2.82. The molecule has 0 spiro atoms. The van der Waals surface area contributed by atoms with E-state index in [0.29, 0.717) is 11.4 Å². The molecule has 14 heteroatoms. The molecule has 0 aliphatic heterocycles. The van der Waals surface area contributed by atoms with Crippen LogP contribution in [0.3, 0.4) is 0 Å².